The number of carbonyl (C=O) groups excluding carboxylic acids is 3. The molecule has 4 aromatic rings. The highest BCUT2D eigenvalue weighted by molar-refractivity contribution is 7.88. The van der Waals surface area contributed by atoms with Crippen molar-refractivity contribution in [3.63, 3.8) is 0 Å². The van der Waals surface area contributed by atoms with Gasteiger partial charge in [0.05, 0.1) is 14.2 Å². The number of ether oxygens (including phenoxy) is 2. The summed E-state index contributed by atoms with van der Waals surface area (Å²) < 4.78 is 69.4. The first-order valence-electron chi connectivity index (χ1n) is 15.7. The average molecular weight is 722 g/mol. The quantitative estimate of drug-likeness (QED) is 0.187. The van der Waals surface area contributed by atoms with Gasteiger partial charge in [0.1, 0.15) is 34.7 Å². The zero-order valence-electron chi connectivity index (χ0n) is 28.2. The molecule has 1 aliphatic carbocycles. The minimum absolute atomic E-state index is 0.0177. The number of urea groups is 1. The van der Waals surface area contributed by atoms with Crippen LogP contribution in [0.3, 0.4) is 0 Å². The maximum Gasteiger partial charge on any atom is 0.330 e. The van der Waals surface area contributed by atoms with Crippen LogP contribution in [0, 0.1) is 11.6 Å². The molecule has 1 fully saturated rings. The number of hydrogen-bond acceptors (Lipinski definition) is 7. The largest absolute Gasteiger partial charge is 0.497 e. The molecule has 1 aliphatic rings. The van der Waals surface area contributed by atoms with Gasteiger partial charge in [-0.25, -0.2) is 18.3 Å². The Balaban J connectivity index is 1.38. The molecule has 51 heavy (non-hydrogen) atoms. The first kappa shape index (κ1) is 36.7. The molecule has 3 N–H and O–H groups in total. The number of carbonyl (C=O) groups is 3. The van der Waals surface area contributed by atoms with Crippen LogP contribution in [0.25, 0.3) is 0 Å². The van der Waals surface area contributed by atoms with Crippen LogP contribution in [-0.2, 0) is 26.2 Å². The smallest absolute Gasteiger partial charge is 0.330 e. The number of rotatable bonds is 13. The Morgan fingerprint density at radius 2 is 1.35 bits per heavy atom. The molecule has 0 heterocycles. The number of nitrogens with zero attached hydrogens (tertiary/aromatic N) is 2. The highest BCUT2D eigenvalue weighted by Crippen LogP contribution is 2.52. The van der Waals surface area contributed by atoms with E-state index in [0.717, 1.165) is 22.6 Å². The summed E-state index contributed by atoms with van der Waals surface area (Å²) in [5, 5.41) is 2.58. The number of likely N-dealkylation sites (N-methyl/N-ethyl adjacent to an activating group) is 2. The summed E-state index contributed by atoms with van der Waals surface area (Å²) in [6, 6.07) is 21.7. The molecule has 0 aromatic heterocycles. The Labute approximate surface area is 294 Å². The number of halogens is 2. The van der Waals surface area contributed by atoms with Gasteiger partial charge in [-0.2, -0.15) is 13.1 Å². The lowest BCUT2D eigenvalue weighted by molar-refractivity contribution is -0.121. The Morgan fingerprint density at radius 3 is 1.88 bits per heavy atom. The summed E-state index contributed by atoms with van der Waals surface area (Å²) in [7, 11) is 1.08. The van der Waals surface area contributed by atoms with Crippen LogP contribution in [0.5, 0.6) is 11.5 Å². The van der Waals surface area contributed by atoms with E-state index in [9.17, 15) is 31.6 Å². The van der Waals surface area contributed by atoms with E-state index >= 15 is 0 Å². The predicted octanol–water partition coefficient (Wildman–Crippen LogP) is 4.28. The molecule has 0 bridgehead atoms. The number of methoxy groups -OCH3 is 2. The third-order valence-electron chi connectivity index (χ3n) is 8.62. The first-order chi connectivity index (χ1) is 24.2. The van der Waals surface area contributed by atoms with Crippen molar-refractivity contribution in [2.75, 3.05) is 38.1 Å². The molecule has 5 rings (SSSR count). The molecule has 0 aliphatic heterocycles. The molecule has 15 heteroatoms. The van der Waals surface area contributed by atoms with Crippen molar-refractivity contribution in [3.05, 3.63) is 120 Å². The molecule has 0 unspecified atom stereocenters. The molecule has 0 spiro atoms. The van der Waals surface area contributed by atoms with Crippen molar-refractivity contribution in [3.8, 4) is 11.5 Å². The minimum Gasteiger partial charge on any atom is -0.497 e. The lowest BCUT2D eigenvalue weighted by Gasteiger charge is -2.27. The number of amides is 4. The Morgan fingerprint density at radius 1 is 0.824 bits per heavy atom. The number of hydrogen-bond donors (Lipinski definition) is 3. The van der Waals surface area contributed by atoms with Crippen molar-refractivity contribution in [2.24, 2.45) is 0 Å². The van der Waals surface area contributed by atoms with Gasteiger partial charge in [-0.15, -0.1) is 0 Å². The molecule has 4 aromatic carbocycles. The van der Waals surface area contributed by atoms with Gasteiger partial charge in [0, 0.05) is 37.5 Å². The molecule has 3 atom stereocenters. The highest BCUT2D eigenvalue weighted by Gasteiger charge is 2.63. The summed E-state index contributed by atoms with van der Waals surface area (Å²) in [4.78, 5) is 43.6. The van der Waals surface area contributed by atoms with Crippen molar-refractivity contribution < 1.29 is 41.1 Å². The summed E-state index contributed by atoms with van der Waals surface area (Å²) in [5.74, 6) is -2.53. The summed E-state index contributed by atoms with van der Waals surface area (Å²) in [6.45, 7) is 0. The average Bonchev–Trinajstić information content (AvgIpc) is 3.84. The molecule has 0 radical (unpaired) electrons. The molecule has 1 saturated carbocycles. The fraction of sp³-hybridized carbons (Fsp3) is 0.250. The normalized spacial score (nSPS) is 17.1. The second-order valence-corrected chi connectivity index (χ2v) is 13.5. The van der Waals surface area contributed by atoms with E-state index < -0.39 is 63.6 Å². The number of benzene rings is 4. The van der Waals surface area contributed by atoms with E-state index in [1.807, 2.05) is 4.72 Å². The van der Waals surface area contributed by atoms with E-state index in [4.69, 9.17) is 9.47 Å². The van der Waals surface area contributed by atoms with Crippen LogP contribution in [0.15, 0.2) is 97.1 Å². The molecular formula is C36H37F2N5O7S. The maximum atomic E-state index is 14.1. The van der Waals surface area contributed by atoms with Gasteiger partial charge in [0.15, 0.2) is 0 Å². The van der Waals surface area contributed by atoms with E-state index in [2.05, 4.69) is 10.0 Å². The van der Waals surface area contributed by atoms with Gasteiger partial charge in [0.25, 0.3) is 5.91 Å². The van der Waals surface area contributed by atoms with Crippen molar-refractivity contribution in [1.82, 2.24) is 14.8 Å². The van der Waals surface area contributed by atoms with E-state index in [-0.39, 0.29) is 12.0 Å². The van der Waals surface area contributed by atoms with Crippen LogP contribution >= 0.6 is 0 Å². The Kier molecular flexibility index (Phi) is 10.9. The van der Waals surface area contributed by atoms with Crippen LogP contribution in [-0.4, -0.2) is 66.2 Å². The zero-order chi connectivity index (χ0) is 36.9. The van der Waals surface area contributed by atoms with Crippen LogP contribution in [0.4, 0.5) is 25.0 Å². The minimum atomic E-state index is -4.83. The van der Waals surface area contributed by atoms with E-state index in [1.165, 1.54) is 33.2 Å². The van der Waals surface area contributed by atoms with Crippen molar-refractivity contribution in [1.29, 1.82) is 0 Å². The fourth-order valence-electron chi connectivity index (χ4n) is 5.88. The van der Waals surface area contributed by atoms with Gasteiger partial charge in [-0.1, -0.05) is 30.3 Å². The zero-order valence-corrected chi connectivity index (χ0v) is 29.0. The van der Waals surface area contributed by atoms with Gasteiger partial charge >= 0.3 is 16.2 Å². The molecular weight excluding hydrogens is 684 g/mol. The Hall–Kier alpha value is -5.54. The molecule has 268 valence electrons. The first-order valence-corrected chi connectivity index (χ1v) is 17.2. The Bertz CT molecular complexity index is 1980. The maximum absolute atomic E-state index is 14.1. The fourth-order valence-corrected chi connectivity index (χ4v) is 6.79. The SMILES string of the molecule is COc1ccc(N(C)C(=O)[C@H](Cc2cc(F)cc(F)c2)NS(=O)(=O)NC(=O)N[C@]2(C(=O)N(C)c3ccc(OC)cc3)C[C@@H]2c2ccccc2)cc1. The standard InChI is InChI=1S/C36H37F2N5O7S/c1-42(27-10-14-29(49-3)15-11-27)33(44)32(20-23-18-25(37)21-26(38)19-23)40-51(47,48)41-35(46)39-36(22-31(36)24-8-6-5-7-9-24)34(45)43(2)28-12-16-30(50-4)17-13-28/h5-19,21,31-32,40H,20,22H2,1-4H3,(H2,39,41,46)/t31-,32+,36-/m1/s1. The van der Waals surface area contributed by atoms with Gasteiger partial charge in [-0.05, 0) is 84.6 Å². The van der Waals surface area contributed by atoms with Crippen molar-refractivity contribution in [2.45, 2.75) is 30.3 Å². The molecule has 0 saturated heterocycles. The van der Waals surface area contributed by atoms with E-state index in [0.29, 0.717) is 28.9 Å². The van der Waals surface area contributed by atoms with Gasteiger partial charge < -0.3 is 24.6 Å². The summed E-state index contributed by atoms with van der Waals surface area (Å²) in [6.07, 6.45) is -0.294. The topological polar surface area (TPSA) is 146 Å². The van der Waals surface area contributed by atoms with E-state index in [1.54, 1.807) is 78.9 Å². The van der Waals surface area contributed by atoms with Gasteiger partial charge in [-0.3, -0.25) is 9.59 Å². The monoisotopic (exact) mass is 721 g/mol. The van der Waals surface area contributed by atoms with Crippen molar-refractivity contribution >= 4 is 39.4 Å². The lowest BCUT2D eigenvalue weighted by atomic mass is 10.0. The predicted molar refractivity (Wildman–Crippen MR) is 187 cm³/mol. The third kappa shape index (κ3) is 8.61. The third-order valence-corrected chi connectivity index (χ3v) is 9.67. The summed E-state index contributed by atoms with van der Waals surface area (Å²) in [5.41, 5.74) is 0.0916. The van der Waals surface area contributed by atoms with Gasteiger partial charge in [0.2, 0.25) is 5.91 Å². The van der Waals surface area contributed by atoms with Crippen LogP contribution in [0.2, 0.25) is 0 Å². The molecule has 12 nitrogen and oxygen atoms in total. The van der Waals surface area contributed by atoms with Crippen LogP contribution < -0.4 is 34.0 Å². The molecule has 4 amide bonds. The van der Waals surface area contributed by atoms with Crippen LogP contribution in [0.1, 0.15) is 23.5 Å². The highest BCUT2D eigenvalue weighted by atomic mass is 32.2. The second-order valence-electron chi connectivity index (χ2n) is 12.0. The summed E-state index contributed by atoms with van der Waals surface area (Å²) >= 11 is 0. The number of nitrogens with one attached hydrogen (secondary N) is 3. The number of anilines is 2. The lowest BCUT2D eigenvalue weighted by Crippen LogP contribution is -2.58. The second kappa shape index (κ2) is 15.1.